The van der Waals surface area contributed by atoms with E-state index in [0.29, 0.717) is 36.3 Å². The Bertz CT molecular complexity index is 701. The van der Waals surface area contributed by atoms with Crippen LogP contribution in [0.4, 0.5) is 8.78 Å². The number of nitrogens with zero attached hydrogens (tertiary/aromatic N) is 2. The van der Waals surface area contributed by atoms with E-state index in [1.165, 1.54) is 24.1 Å². The number of hydrogen-bond acceptors (Lipinski definition) is 5. The minimum atomic E-state index is -2.94. The molecule has 0 aromatic heterocycles. The van der Waals surface area contributed by atoms with Crippen molar-refractivity contribution in [3.63, 3.8) is 0 Å². The molecule has 1 unspecified atom stereocenters. The van der Waals surface area contributed by atoms with Gasteiger partial charge < -0.3 is 29.7 Å². The number of alkyl halides is 2. The number of methoxy groups -OCH3 is 1. The van der Waals surface area contributed by atoms with Crippen molar-refractivity contribution >= 4 is 35.8 Å². The van der Waals surface area contributed by atoms with Gasteiger partial charge in [0.25, 0.3) is 0 Å². The molecule has 1 aliphatic heterocycles. The molecule has 1 heterocycles. The van der Waals surface area contributed by atoms with Crippen molar-refractivity contribution in [2.45, 2.75) is 19.6 Å². The van der Waals surface area contributed by atoms with Crippen LogP contribution in [0, 0.1) is 5.92 Å². The first-order chi connectivity index (χ1) is 13.9. The van der Waals surface area contributed by atoms with E-state index in [-0.39, 0.29) is 48.7 Å². The molecular weight excluding hydrogens is 513 g/mol. The summed E-state index contributed by atoms with van der Waals surface area (Å²) < 4.78 is 40.5. The Balaban J connectivity index is 0.00000450. The van der Waals surface area contributed by atoms with E-state index in [1.54, 1.807) is 20.2 Å². The number of carbonyl (C=O) groups excluding carboxylic acids is 1. The number of ether oxygens (including phenoxy) is 3. The Labute approximate surface area is 192 Å². The van der Waals surface area contributed by atoms with Crippen molar-refractivity contribution in [1.29, 1.82) is 0 Å². The number of benzene rings is 1. The SMILES string of the molecule is COc1ccc(OC(F)F)c(CN=C(NCC(=O)N(C)C)NCC2CCOC2)c1.I. The molecule has 170 valence electrons. The van der Waals surface area contributed by atoms with Crippen molar-refractivity contribution in [2.75, 3.05) is 47.5 Å². The molecule has 1 saturated heterocycles. The summed E-state index contributed by atoms with van der Waals surface area (Å²) in [6.45, 7) is -0.810. The van der Waals surface area contributed by atoms with Gasteiger partial charge in [0, 0.05) is 38.7 Å². The van der Waals surface area contributed by atoms with Crippen LogP contribution in [0.5, 0.6) is 11.5 Å². The van der Waals surface area contributed by atoms with Crippen molar-refractivity contribution in [2.24, 2.45) is 10.9 Å². The molecule has 2 rings (SSSR count). The van der Waals surface area contributed by atoms with Gasteiger partial charge in [-0.05, 0) is 24.6 Å². The van der Waals surface area contributed by atoms with E-state index in [9.17, 15) is 13.6 Å². The van der Waals surface area contributed by atoms with Crippen molar-refractivity contribution in [3.8, 4) is 11.5 Å². The maximum Gasteiger partial charge on any atom is 0.387 e. The molecule has 1 amide bonds. The summed E-state index contributed by atoms with van der Waals surface area (Å²) in [7, 11) is 4.81. The van der Waals surface area contributed by atoms with Crippen LogP contribution in [0.15, 0.2) is 23.2 Å². The van der Waals surface area contributed by atoms with Gasteiger partial charge in [-0.15, -0.1) is 24.0 Å². The van der Waals surface area contributed by atoms with Gasteiger partial charge in [-0.25, -0.2) is 4.99 Å². The van der Waals surface area contributed by atoms with Gasteiger partial charge in [-0.3, -0.25) is 4.79 Å². The Kier molecular flexibility index (Phi) is 11.7. The summed E-state index contributed by atoms with van der Waals surface area (Å²) in [4.78, 5) is 17.8. The van der Waals surface area contributed by atoms with Crippen LogP contribution in [-0.4, -0.2) is 70.9 Å². The van der Waals surface area contributed by atoms with Crippen LogP contribution in [0.1, 0.15) is 12.0 Å². The Morgan fingerprint density at radius 2 is 2.13 bits per heavy atom. The quantitative estimate of drug-likeness (QED) is 0.283. The van der Waals surface area contributed by atoms with Crippen molar-refractivity contribution < 1.29 is 27.8 Å². The second-order valence-corrected chi connectivity index (χ2v) is 6.77. The average Bonchev–Trinajstić information content (AvgIpc) is 3.21. The Morgan fingerprint density at radius 3 is 2.73 bits per heavy atom. The van der Waals surface area contributed by atoms with Crippen molar-refractivity contribution in [3.05, 3.63) is 23.8 Å². The van der Waals surface area contributed by atoms with Crippen LogP contribution in [0.25, 0.3) is 0 Å². The summed E-state index contributed by atoms with van der Waals surface area (Å²) in [5.74, 6) is 1.16. The van der Waals surface area contributed by atoms with E-state index in [1.807, 2.05) is 0 Å². The topological polar surface area (TPSA) is 84.4 Å². The summed E-state index contributed by atoms with van der Waals surface area (Å²) in [6, 6.07) is 4.55. The number of hydrogen-bond donors (Lipinski definition) is 2. The fraction of sp³-hybridized carbons (Fsp3) is 0.579. The summed E-state index contributed by atoms with van der Waals surface area (Å²) in [5.41, 5.74) is 0.439. The van der Waals surface area contributed by atoms with Gasteiger partial charge in [0.1, 0.15) is 11.5 Å². The molecule has 1 atom stereocenters. The lowest BCUT2D eigenvalue weighted by Gasteiger charge is -2.17. The highest BCUT2D eigenvalue weighted by Gasteiger charge is 2.17. The van der Waals surface area contributed by atoms with Gasteiger partial charge in [0.05, 0.1) is 26.8 Å². The highest BCUT2D eigenvalue weighted by molar-refractivity contribution is 14.0. The molecule has 2 N–H and O–H groups in total. The van der Waals surface area contributed by atoms with Crippen LogP contribution < -0.4 is 20.1 Å². The number of carbonyl (C=O) groups is 1. The van der Waals surface area contributed by atoms with E-state index in [2.05, 4.69) is 20.4 Å². The van der Waals surface area contributed by atoms with Crippen LogP contribution in [0.3, 0.4) is 0 Å². The number of rotatable bonds is 9. The second-order valence-electron chi connectivity index (χ2n) is 6.77. The van der Waals surface area contributed by atoms with Crippen molar-refractivity contribution in [1.82, 2.24) is 15.5 Å². The van der Waals surface area contributed by atoms with Gasteiger partial charge in [0.2, 0.25) is 5.91 Å². The summed E-state index contributed by atoms with van der Waals surface area (Å²) in [5, 5.41) is 6.15. The third-order valence-corrected chi connectivity index (χ3v) is 4.38. The molecule has 1 aromatic carbocycles. The number of likely N-dealkylation sites (N-methyl/N-ethyl adjacent to an activating group) is 1. The fourth-order valence-electron chi connectivity index (χ4n) is 2.66. The monoisotopic (exact) mass is 542 g/mol. The lowest BCUT2D eigenvalue weighted by molar-refractivity contribution is -0.127. The zero-order chi connectivity index (χ0) is 21.2. The molecule has 30 heavy (non-hydrogen) atoms. The molecule has 11 heteroatoms. The molecule has 1 aromatic rings. The first-order valence-electron chi connectivity index (χ1n) is 9.30. The molecule has 8 nitrogen and oxygen atoms in total. The zero-order valence-electron chi connectivity index (χ0n) is 17.3. The predicted molar refractivity (Wildman–Crippen MR) is 120 cm³/mol. The predicted octanol–water partition coefficient (Wildman–Crippen LogP) is 2.07. The number of halogens is 3. The van der Waals surface area contributed by atoms with E-state index in [0.717, 1.165) is 13.0 Å². The standard InChI is InChI=1S/C19H28F2N4O4.HI/c1-25(2)17(26)11-24-19(22-9-13-6-7-28-12-13)23-10-14-8-15(27-3)4-5-16(14)29-18(20)21;/h4-5,8,13,18H,6-7,9-12H2,1-3H3,(H2,22,23,24);1H. The van der Waals surface area contributed by atoms with E-state index in [4.69, 9.17) is 9.47 Å². The summed E-state index contributed by atoms with van der Waals surface area (Å²) >= 11 is 0. The number of guanidine groups is 1. The molecule has 1 fully saturated rings. The molecule has 0 bridgehead atoms. The summed E-state index contributed by atoms with van der Waals surface area (Å²) in [6.07, 6.45) is 0.944. The van der Waals surface area contributed by atoms with Gasteiger partial charge in [-0.2, -0.15) is 8.78 Å². The third-order valence-electron chi connectivity index (χ3n) is 4.38. The maximum atomic E-state index is 12.7. The lowest BCUT2D eigenvalue weighted by atomic mass is 10.1. The first kappa shape index (κ1) is 26.1. The number of amides is 1. The molecule has 0 saturated carbocycles. The van der Waals surface area contributed by atoms with E-state index < -0.39 is 6.61 Å². The smallest absolute Gasteiger partial charge is 0.387 e. The van der Waals surface area contributed by atoms with Gasteiger partial charge in [0.15, 0.2) is 5.96 Å². The molecule has 0 spiro atoms. The van der Waals surface area contributed by atoms with Gasteiger partial charge in [-0.1, -0.05) is 0 Å². The highest BCUT2D eigenvalue weighted by atomic mass is 127. The molecule has 0 radical (unpaired) electrons. The minimum absolute atomic E-state index is 0. The lowest BCUT2D eigenvalue weighted by Crippen LogP contribution is -2.44. The third kappa shape index (κ3) is 8.86. The largest absolute Gasteiger partial charge is 0.497 e. The highest BCUT2D eigenvalue weighted by Crippen LogP contribution is 2.26. The fourth-order valence-corrected chi connectivity index (χ4v) is 2.66. The van der Waals surface area contributed by atoms with Crippen LogP contribution >= 0.6 is 24.0 Å². The normalized spacial score (nSPS) is 16.1. The maximum absolute atomic E-state index is 12.7. The second kappa shape index (κ2) is 13.4. The minimum Gasteiger partial charge on any atom is -0.497 e. The van der Waals surface area contributed by atoms with Crippen LogP contribution in [-0.2, 0) is 16.1 Å². The average molecular weight is 542 g/mol. The van der Waals surface area contributed by atoms with E-state index >= 15 is 0 Å². The molecular formula is C19H29F2IN4O4. The van der Waals surface area contributed by atoms with Crippen LogP contribution in [0.2, 0.25) is 0 Å². The Hall–Kier alpha value is -1.89. The number of aliphatic imine (C=N–C) groups is 1. The van der Waals surface area contributed by atoms with Gasteiger partial charge >= 0.3 is 6.61 Å². The zero-order valence-corrected chi connectivity index (χ0v) is 19.7. The molecule has 1 aliphatic rings. The Morgan fingerprint density at radius 1 is 1.37 bits per heavy atom. The molecule has 0 aliphatic carbocycles. The number of nitrogens with one attached hydrogen (secondary N) is 2. The first-order valence-corrected chi connectivity index (χ1v) is 9.30.